The minimum absolute atomic E-state index is 0. The molecule has 0 aromatic rings. The van der Waals surface area contributed by atoms with Gasteiger partial charge in [0, 0.05) is 34.4 Å². The number of phosphoric ester groups is 1. The minimum Gasteiger partial charge on any atom is -0.756 e. The summed E-state index contributed by atoms with van der Waals surface area (Å²) < 4.78 is 50.6. The number of carbonyl (C=O) groups is 3. The average Bonchev–Trinajstić information content (AvgIpc) is 3.07. The number of carbonyl (C=O) groups excluding carboxylic acids is 3. The van der Waals surface area contributed by atoms with Crippen LogP contribution < -0.4 is 20.8 Å². The van der Waals surface area contributed by atoms with Gasteiger partial charge in [0.25, 0.3) is 7.82 Å². The molecule has 0 aliphatic rings. The molecule has 292 valence electrons. The molecule has 0 rings (SSSR count). The summed E-state index contributed by atoms with van der Waals surface area (Å²) in [5, 5.41) is 8.22. The number of nitrogens with one attached hydrogen (secondary N) is 3. The molecule has 0 aliphatic heterocycles. The molecule has 3 N–H and O–H groups in total. The van der Waals surface area contributed by atoms with Crippen LogP contribution in [0.5, 0.6) is 0 Å². The molecule has 0 aliphatic carbocycles. The highest BCUT2D eigenvalue weighted by molar-refractivity contribution is 7.45. The highest BCUT2D eigenvalue weighted by atomic mass is 31.2. The van der Waals surface area contributed by atoms with Crippen LogP contribution in [0.3, 0.4) is 0 Å². The molecule has 0 fully saturated rings. The average molecular weight is 731 g/mol. The molecular formula is C32H65N3O13P-. The third kappa shape index (κ3) is 34.2. The smallest absolute Gasteiger partial charge is 0.407 e. The summed E-state index contributed by atoms with van der Waals surface area (Å²) in [4.78, 5) is 48.2. The number of ether oxygens (including phenoxy) is 6. The van der Waals surface area contributed by atoms with Crippen LogP contribution in [0.25, 0.3) is 0 Å². The van der Waals surface area contributed by atoms with E-state index in [1.165, 1.54) is 0 Å². The fourth-order valence-electron chi connectivity index (χ4n) is 4.25. The third-order valence-electron chi connectivity index (χ3n) is 6.93. The van der Waals surface area contributed by atoms with Gasteiger partial charge in [0.05, 0.1) is 46.2 Å². The number of hydrogen-bond acceptors (Lipinski definition) is 13. The van der Waals surface area contributed by atoms with E-state index in [2.05, 4.69) is 20.5 Å². The van der Waals surface area contributed by atoms with Crippen molar-refractivity contribution in [2.45, 2.75) is 96.9 Å². The number of hydrogen-bond donors (Lipinski definition) is 3. The summed E-state index contributed by atoms with van der Waals surface area (Å²) in [6.07, 6.45) is 10.2. The van der Waals surface area contributed by atoms with Gasteiger partial charge in [-0.25, -0.2) is 9.59 Å². The second kappa shape index (κ2) is 35.8. The van der Waals surface area contributed by atoms with E-state index in [-0.39, 0.29) is 46.4 Å². The fraction of sp³-hybridized carbons (Fsp3) is 0.906. The van der Waals surface area contributed by atoms with Crippen molar-refractivity contribution in [3.05, 3.63) is 0 Å². The first-order valence-corrected chi connectivity index (χ1v) is 18.5. The van der Waals surface area contributed by atoms with Gasteiger partial charge in [0.2, 0.25) is 5.91 Å². The lowest BCUT2D eigenvalue weighted by molar-refractivity contribution is -0.223. The van der Waals surface area contributed by atoms with Gasteiger partial charge >= 0.3 is 12.2 Å². The van der Waals surface area contributed by atoms with E-state index in [1.54, 1.807) is 14.2 Å². The van der Waals surface area contributed by atoms with Gasteiger partial charge in [-0.15, -0.1) is 0 Å². The van der Waals surface area contributed by atoms with E-state index < -0.39 is 26.1 Å². The Kier molecular flexibility index (Phi) is 35.8. The van der Waals surface area contributed by atoms with Gasteiger partial charge in [-0.3, -0.25) is 9.36 Å². The Morgan fingerprint density at radius 3 is 1.61 bits per heavy atom. The van der Waals surface area contributed by atoms with Crippen LogP contribution in [0, 0.1) is 0 Å². The molecule has 3 amide bonds. The van der Waals surface area contributed by atoms with Crippen molar-refractivity contribution in [3.8, 4) is 0 Å². The summed E-state index contributed by atoms with van der Waals surface area (Å²) in [5.41, 5.74) is 0. The molecule has 16 nitrogen and oxygen atoms in total. The lowest BCUT2D eigenvalue weighted by Crippen LogP contribution is -2.47. The molecule has 0 spiro atoms. The largest absolute Gasteiger partial charge is 0.756 e. The second-order valence-electron chi connectivity index (χ2n) is 10.9. The summed E-state index contributed by atoms with van der Waals surface area (Å²) in [6, 6.07) is -0.778. The maximum absolute atomic E-state index is 12.9. The Bertz CT molecular complexity index is 842. The number of methoxy groups -OCH3 is 2. The molecule has 0 aromatic heterocycles. The summed E-state index contributed by atoms with van der Waals surface area (Å²) in [6.45, 7) is 3.41. The Balaban J connectivity index is 0. The summed E-state index contributed by atoms with van der Waals surface area (Å²) >= 11 is 0. The Hall–Kier alpha value is -2.04. The molecule has 0 saturated heterocycles. The first-order chi connectivity index (χ1) is 23.3. The predicted molar refractivity (Wildman–Crippen MR) is 183 cm³/mol. The van der Waals surface area contributed by atoms with Crippen LogP contribution in [0.15, 0.2) is 0 Å². The number of amides is 3. The van der Waals surface area contributed by atoms with E-state index in [4.69, 9.17) is 32.9 Å². The van der Waals surface area contributed by atoms with Crippen molar-refractivity contribution < 1.29 is 61.3 Å². The molecule has 0 saturated carbocycles. The van der Waals surface area contributed by atoms with E-state index in [9.17, 15) is 23.8 Å². The predicted octanol–water partition coefficient (Wildman–Crippen LogP) is 4.09. The van der Waals surface area contributed by atoms with Crippen molar-refractivity contribution >= 4 is 25.9 Å². The third-order valence-corrected chi connectivity index (χ3v) is 7.87. The molecule has 0 bridgehead atoms. The molecule has 17 heteroatoms. The Morgan fingerprint density at radius 2 is 1.06 bits per heavy atom. The van der Waals surface area contributed by atoms with E-state index in [0.29, 0.717) is 65.2 Å². The van der Waals surface area contributed by atoms with Gasteiger partial charge in [-0.05, 0) is 32.1 Å². The fourth-order valence-corrected chi connectivity index (χ4v) is 4.71. The summed E-state index contributed by atoms with van der Waals surface area (Å²) in [5.74, 6) is -0.283. The maximum Gasteiger partial charge on any atom is 0.407 e. The molecule has 0 heterocycles. The first kappa shape index (κ1) is 49.1. The summed E-state index contributed by atoms with van der Waals surface area (Å²) in [7, 11) is 0.113. The van der Waals surface area contributed by atoms with Crippen LogP contribution in [0.2, 0.25) is 0 Å². The van der Waals surface area contributed by atoms with Crippen molar-refractivity contribution in [1.82, 2.24) is 16.0 Å². The number of phosphoric acid groups is 1. The van der Waals surface area contributed by atoms with Crippen molar-refractivity contribution in [2.75, 3.05) is 93.9 Å². The van der Waals surface area contributed by atoms with Crippen LogP contribution in [0.1, 0.15) is 90.9 Å². The molecule has 49 heavy (non-hydrogen) atoms. The van der Waals surface area contributed by atoms with E-state index in [0.717, 1.165) is 64.9 Å². The first-order valence-electron chi connectivity index (χ1n) is 17.0. The van der Waals surface area contributed by atoms with Crippen molar-refractivity contribution in [1.29, 1.82) is 0 Å². The zero-order valence-corrected chi connectivity index (χ0v) is 30.2. The molecule has 2 unspecified atom stereocenters. The Labute approximate surface area is 293 Å². The van der Waals surface area contributed by atoms with Gasteiger partial charge in [0.1, 0.15) is 19.3 Å². The van der Waals surface area contributed by atoms with Gasteiger partial charge in [-0.2, -0.15) is 0 Å². The standard InChI is InChI=1S/C31H62N3O13P.CH4/c1-40-20-22-43-24-26-45-30(36)33-18-14-12-16-28(34-31(37)46-27-25-44-23-21-41-2)29(35)32-17-13-10-8-6-4-5-7-9-11-15-19-47-48(38,39)42-3;/h28H,4-27H2,1-3H3,(H,32,35)(H,33,36)(H,34,37)(H,38,39);1H4/p-1. The monoisotopic (exact) mass is 730 g/mol. The maximum atomic E-state index is 12.9. The SMILES string of the molecule is C.COCCOCCOC(=O)NCCCCC(NC(=O)OCCOCCOC)C(=O)NCCCCCCCCCCCCOP(=O)([O-])OC. The van der Waals surface area contributed by atoms with Crippen molar-refractivity contribution in [2.24, 2.45) is 0 Å². The van der Waals surface area contributed by atoms with Crippen LogP contribution in [-0.4, -0.2) is 118 Å². The highest BCUT2D eigenvalue weighted by Gasteiger charge is 2.21. The van der Waals surface area contributed by atoms with E-state index in [1.807, 2.05) is 0 Å². The number of alkyl carbamates (subject to hydrolysis) is 2. The number of unbranched alkanes of at least 4 members (excludes halogenated alkanes) is 10. The van der Waals surface area contributed by atoms with Gasteiger partial charge < -0.3 is 58.3 Å². The van der Waals surface area contributed by atoms with Gasteiger partial charge in [0.15, 0.2) is 0 Å². The molecular weight excluding hydrogens is 665 g/mol. The van der Waals surface area contributed by atoms with Crippen molar-refractivity contribution in [3.63, 3.8) is 0 Å². The van der Waals surface area contributed by atoms with E-state index >= 15 is 0 Å². The topological polar surface area (TPSA) is 201 Å². The normalized spacial score (nSPS) is 12.7. The van der Waals surface area contributed by atoms with Crippen LogP contribution in [0.4, 0.5) is 9.59 Å². The molecule has 2 atom stereocenters. The van der Waals surface area contributed by atoms with Crippen LogP contribution >= 0.6 is 7.82 Å². The lowest BCUT2D eigenvalue weighted by Gasteiger charge is -2.19. The molecule has 0 aromatic carbocycles. The quantitative estimate of drug-likeness (QED) is 0.0632. The zero-order valence-electron chi connectivity index (χ0n) is 29.3. The number of rotatable bonds is 34. The minimum atomic E-state index is -4.12. The van der Waals surface area contributed by atoms with Crippen LogP contribution in [-0.2, 0) is 46.8 Å². The van der Waals surface area contributed by atoms with Gasteiger partial charge in [-0.1, -0.05) is 58.8 Å². The Morgan fingerprint density at radius 1 is 0.592 bits per heavy atom. The second-order valence-corrected chi connectivity index (χ2v) is 12.4. The highest BCUT2D eigenvalue weighted by Crippen LogP contribution is 2.36. The zero-order chi connectivity index (χ0) is 35.6. The lowest BCUT2D eigenvalue weighted by atomic mass is 10.1. The molecule has 0 radical (unpaired) electrons.